The van der Waals surface area contributed by atoms with Gasteiger partial charge in [-0.05, 0) is 12.5 Å². The van der Waals surface area contributed by atoms with E-state index < -0.39 is 0 Å². The Bertz CT molecular complexity index is 159. The lowest BCUT2D eigenvalue weighted by Crippen LogP contribution is -1.95. The second-order valence-electron chi connectivity index (χ2n) is 1.78. The molecule has 0 aromatic rings. The highest BCUT2D eigenvalue weighted by Crippen LogP contribution is 1.98. The minimum absolute atomic E-state index is 0.520. The first-order valence-electron chi connectivity index (χ1n) is 3.17. The Balaban J connectivity index is 4.09. The van der Waals surface area contributed by atoms with E-state index in [0.29, 0.717) is 5.90 Å². The summed E-state index contributed by atoms with van der Waals surface area (Å²) in [4.78, 5) is 4.01. The van der Waals surface area contributed by atoms with Crippen LogP contribution in [0, 0.1) is 0 Å². The smallest absolute Gasteiger partial charge is 0.212 e. The molecule has 56 valence electrons. The van der Waals surface area contributed by atoms with Gasteiger partial charge in [0.2, 0.25) is 5.90 Å². The first kappa shape index (κ1) is 8.95. The Hall–Kier alpha value is -1.05. The minimum Gasteiger partial charge on any atom is -0.481 e. The Morgan fingerprint density at radius 1 is 1.70 bits per heavy atom. The summed E-state index contributed by atoms with van der Waals surface area (Å²) >= 11 is 0. The predicted molar refractivity (Wildman–Crippen MR) is 44.1 cm³/mol. The molecule has 0 saturated heterocycles. The predicted octanol–water partition coefficient (Wildman–Crippen LogP) is 2.14. The number of rotatable bonds is 3. The molecule has 0 aliphatic carbocycles. The first-order valence-corrected chi connectivity index (χ1v) is 3.17. The lowest BCUT2D eigenvalue weighted by Gasteiger charge is -1.98. The third-order valence-electron chi connectivity index (χ3n) is 1.06. The monoisotopic (exact) mass is 139 g/mol. The molecule has 0 atom stereocenters. The van der Waals surface area contributed by atoms with Crippen LogP contribution in [0.1, 0.15) is 13.3 Å². The van der Waals surface area contributed by atoms with Crippen LogP contribution >= 0.6 is 0 Å². The van der Waals surface area contributed by atoms with E-state index in [2.05, 4.69) is 18.2 Å². The fraction of sp³-hybridized carbons (Fsp3) is 0.375. The normalized spacial score (nSPS) is 10.8. The van der Waals surface area contributed by atoms with Crippen LogP contribution in [-0.4, -0.2) is 13.0 Å². The average molecular weight is 139 g/mol. The van der Waals surface area contributed by atoms with E-state index in [0.717, 1.165) is 12.1 Å². The van der Waals surface area contributed by atoms with Crippen LogP contribution in [0.25, 0.3) is 0 Å². The van der Waals surface area contributed by atoms with Crippen LogP contribution in [0.5, 0.6) is 0 Å². The molecule has 0 aromatic carbocycles. The van der Waals surface area contributed by atoms with Crippen LogP contribution < -0.4 is 0 Å². The Morgan fingerprint density at radius 2 is 2.30 bits per heavy atom. The number of ether oxygens (including phenoxy) is 1. The molecule has 0 fully saturated rings. The molecule has 0 heterocycles. The molecule has 2 heteroatoms. The van der Waals surface area contributed by atoms with E-state index >= 15 is 0 Å². The molecular weight excluding hydrogens is 126 g/mol. The second kappa shape index (κ2) is 4.79. The molecule has 0 N–H and O–H groups in total. The van der Waals surface area contributed by atoms with Gasteiger partial charge < -0.3 is 4.74 Å². The van der Waals surface area contributed by atoms with E-state index in [1.54, 1.807) is 13.2 Å². The van der Waals surface area contributed by atoms with E-state index in [-0.39, 0.29) is 0 Å². The summed E-state index contributed by atoms with van der Waals surface area (Å²) in [6, 6.07) is 0. The highest BCUT2D eigenvalue weighted by Gasteiger charge is 1.89. The van der Waals surface area contributed by atoms with Crippen LogP contribution in [0.4, 0.5) is 0 Å². The maximum Gasteiger partial charge on any atom is 0.212 e. The van der Waals surface area contributed by atoms with Gasteiger partial charge in [-0.3, -0.25) is 0 Å². The highest BCUT2D eigenvalue weighted by atomic mass is 16.5. The van der Waals surface area contributed by atoms with Crippen molar-refractivity contribution in [3.8, 4) is 0 Å². The fourth-order valence-electron chi connectivity index (χ4n) is 0.410. The van der Waals surface area contributed by atoms with Gasteiger partial charge in [-0.15, -0.1) is 0 Å². The van der Waals surface area contributed by atoms with Crippen LogP contribution in [0.2, 0.25) is 0 Å². The van der Waals surface area contributed by atoms with Gasteiger partial charge in [-0.25, -0.2) is 4.99 Å². The third-order valence-corrected chi connectivity index (χ3v) is 1.06. The topological polar surface area (TPSA) is 21.6 Å². The van der Waals surface area contributed by atoms with Crippen LogP contribution in [-0.2, 0) is 4.74 Å². The molecule has 0 rings (SSSR count). The van der Waals surface area contributed by atoms with Crippen molar-refractivity contribution >= 4 is 5.90 Å². The molecule has 0 saturated carbocycles. The van der Waals surface area contributed by atoms with Crippen molar-refractivity contribution in [2.75, 3.05) is 7.11 Å². The van der Waals surface area contributed by atoms with Gasteiger partial charge in [-0.1, -0.05) is 20.1 Å². The Morgan fingerprint density at radius 3 is 2.60 bits per heavy atom. The van der Waals surface area contributed by atoms with Crippen molar-refractivity contribution in [2.24, 2.45) is 4.99 Å². The molecule has 2 nitrogen and oxygen atoms in total. The van der Waals surface area contributed by atoms with Crippen molar-refractivity contribution in [2.45, 2.75) is 13.3 Å². The average Bonchev–Trinajstić information content (AvgIpc) is 1.99. The summed E-state index contributed by atoms with van der Waals surface area (Å²) in [5.74, 6) is 0.520. The maximum absolute atomic E-state index is 4.84. The van der Waals surface area contributed by atoms with Crippen molar-refractivity contribution in [1.82, 2.24) is 0 Å². The minimum atomic E-state index is 0.520. The summed E-state index contributed by atoms with van der Waals surface area (Å²) in [7, 11) is 1.56. The summed E-state index contributed by atoms with van der Waals surface area (Å²) in [6.07, 6.45) is 2.39. The lowest BCUT2D eigenvalue weighted by atomic mass is 10.4. The van der Waals surface area contributed by atoms with E-state index in [1.807, 2.05) is 6.92 Å². The summed E-state index contributed by atoms with van der Waals surface area (Å²) in [5, 5.41) is 0. The zero-order valence-electron chi connectivity index (χ0n) is 6.55. The molecule has 0 unspecified atom stereocenters. The summed E-state index contributed by atoms with van der Waals surface area (Å²) in [6.45, 7) is 9.20. The number of allylic oxidation sites excluding steroid dienone is 1. The molecule has 0 aliphatic rings. The molecule has 0 aromatic heterocycles. The molecular formula is C8H13NO. The number of hydrogen-bond acceptors (Lipinski definition) is 2. The van der Waals surface area contributed by atoms with Crippen molar-refractivity contribution in [3.63, 3.8) is 0 Å². The van der Waals surface area contributed by atoms with Gasteiger partial charge in [0.1, 0.15) is 0 Å². The Labute approximate surface area is 61.9 Å². The molecule has 10 heavy (non-hydrogen) atoms. The first-order chi connectivity index (χ1) is 4.74. The number of hydrogen-bond donors (Lipinski definition) is 0. The van der Waals surface area contributed by atoms with Crippen LogP contribution in [0.15, 0.2) is 29.9 Å². The molecule has 0 amide bonds. The lowest BCUT2D eigenvalue weighted by molar-refractivity contribution is 0.406. The van der Waals surface area contributed by atoms with Gasteiger partial charge in [0, 0.05) is 5.70 Å². The standard InChI is InChI=1S/C8H13NO/c1-5-7(3)9-8(6-2)10-4/h6H,2-3,5H2,1,4H3. The zero-order chi connectivity index (χ0) is 7.98. The van der Waals surface area contributed by atoms with Gasteiger partial charge in [-0.2, -0.15) is 0 Å². The second-order valence-corrected chi connectivity index (χ2v) is 1.78. The largest absolute Gasteiger partial charge is 0.481 e. The van der Waals surface area contributed by atoms with E-state index in [9.17, 15) is 0 Å². The van der Waals surface area contributed by atoms with E-state index in [1.165, 1.54) is 0 Å². The third kappa shape index (κ3) is 3.07. The van der Waals surface area contributed by atoms with Crippen molar-refractivity contribution in [3.05, 3.63) is 24.9 Å². The van der Waals surface area contributed by atoms with Gasteiger partial charge in [0.05, 0.1) is 7.11 Å². The molecule has 0 spiro atoms. The van der Waals surface area contributed by atoms with Gasteiger partial charge in [0.15, 0.2) is 0 Å². The number of aliphatic imine (C=N–C) groups is 1. The van der Waals surface area contributed by atoms with Gasteiger partial charge >= 0.3 is 0 Å². The van der Waals surface area contributed by atoms with Crippen LogP contribution in [0.3, 0.4) is 0 Å². The highest BCUT2D eigenvalue weighted by molar-refractivity contribution is 5.87. The summed E-state index contributed by atoms with van der Waals surface area (Å²) < 4.78 is 4.84. The van der Waals surface area contributed by atoms with E-state index in [4.69, 9.17) is 4.74 Å². The Kier molecular flexibility index (Phi) is 4.29. The van der Waals surface area contributed by atoms with Crippen molar-refractivity contribution in [1.29, 1.82) is 0 Å². The zero-order valence-corrected chi connectivity index (χ0v) is 6.55. The molecule has 0 aliphatic heterocycles. The summed E-state index contributed by atoms with van der Waals surface area (Å²) in [5.41, 5.74) is 0.803. The fourth-order valence-corrected chi connectivity index (χ4v) is 0.410. The number of nitrogens with zero attached hydrogens (tertiary/aromatic N) is 1. The molecule has 0 radical (unpaired) electrons. The van der Waals surface area contributed by atoms with Crippen molar-refractivity contribution < 1.29 is 4.74 Å². The number of methoxy groups -OCH3 is 1. The van der Waals surface area contributed by atoms with Gasteiger partial charge in [0.25, 0.3) is 0 Å². The quantitative estimate of drug-likeness (QED) is 0.433. The maximum atomic E-state index is 4.84. The molecule has 0 bridgehead atoms. The SMILES string of the molecule is C=CC(=NC(=C)CC)OC.